The number of rotatable bonds is 4. The molecule has 1 N–H and O–H groups in total. The van der Waals surface area contributed by atoms with E-state index >= 15 is 0 Å². The van der Waals surface area contributed by atoms with Gasteiger partial charge in [-0.05, 0) is 35.7 Å². The Bertz CT molecular complexity index is 728. The Morgan fingerprint density at radius 2 is 2.13 bits per heavy atom. The highest BCUT2D eigenvalue weighted by Crippen LogP contribution is 2.26. The van der Waals surface area contributed by atoms with E-state index in [4.69, 9.17) is 11.6 Å². The van der Waals surface area contributed by atoms with E-state index in [1.165, 1.54) is 11.3 Å². The van der Waals surface area contributed by atoms with Crippen LogP contribution in [0.2, 0.25) is 5.02 Å². The molecule has 23 heavy (non-hydrogen) atoms. The molecule has 0 aliphatic carbocycles. The molecule has 0 radical (unpaired) electrons. The summed E-state index contributed by atoms with van der Waals surface area (Å²) in [4.78, 5) is 26.8. The van der Waals surface area contributed by atoms with Gasteiger partial charge in [-0.15, -0.1) is 11.3 Å². The van der Waals surface area contributed by atoms with Gasteiger partial charge in [0.15, 0.2) is 0 Å². The number of benzene rings is 1. The van der Waals surface area contributed by atoms with Gasteiger partial charge in [0.25, 0.3) is 0 Å². The van der Waals surface area contributed by atoms with Crippen molar-refractivity contribution in [2.45, 2.75) is 6.42 Å². The Morgan fingerprint density at radius 3 is 2.83 bits per heavy atom. The van der Waals surface area contributed by atoms with Gasteiger partial charge < -0.3 is 4.90 Å². The Hall–Kier alpha value is -2.18. The lowest BCUT2D eigenvalue weighted by Gasteiger charge is -2.16. The third kappa shape index (κ3) is 3.78. The second-order valence-electron chi connectivity index (χ2n) is 5.13. The van der Waals surface area contributed by atoms with E-state index in [-0.39, 0.29) is 18.2 Å². The average Bonchev–Trinajstić information content (AvgIpc) is 3.18. The smallest absolute Gasteiger partial charge is 0.245 e. The van der Waals surface area contributed by atoms with Gasteiger partial charge in [-0.2, -0.15) is 5.10 Å². The van der Waals surface area contributed by atoms with Crippen LogP contribution in [-0.4, -0.2) is 24.6 Å². The highest BCUT2D eigenvalue weighted by Gasteiger charge is 2.35. The fraction of sp³-hybridized carbons (Fsp3) is 0.188. The number of carbonyl (C=O) groups excluding carboxylic acids is 2. The van der Waals surface area contributed by atoms with Crippen molar-refractivity contribution in [3.8, 4) is 0 Å². The summed E-state index contributed by atoms with van der Waals surface area (Å²) in [7, 11) is 0. The molecule has 5 nitrogen and oxygen atoms in total. The normalized spacial score (nSPS) is 17.9. The molecule has 7 heteroatoms. The summed E-state index contributed by atoms with van der Waals surface area (Å²) in [5.74, 6) is -0.726. The molecule has 1 aliphatic rings. The van der Waals surface area contributed by atoms with Crippen molar-refractivity contribution in [3.63, 3.8) is 0 Å². The molecule has 2 heterocycles. The van der Waals surface area contributed by atoms with Crippen LogP contribution in [0.4, 0.5) is 5.69 Å². The van der Waals surface area contributed by atoms with E-state index in [1.54, 1.807) is 35.4 Å². The lowest BCUT2D eigenvalue weighted by atomic mass is 10.1. The minimum atomic E-state index is -0.404. The zero-order chi connectivity index (χ0) is 16.2. The number of carbonyl (C=O) groups is 2. The Kier molecular flexibility index (Phi) is 4.73. The van der Waals surface area contributed by atoms with Gasteiger partial charge in [0.05, 0.1) is 12.1 Å². The summed E-state index contributed by atoms with van der Waals surface area (Å²) in [5.41, 5.74) is 3.25. The summed E-state index contributed by atoms with van der Waals surface area (Å²) < 4.78 is 0. The number of amides is 2. The van der Waals surface area contributed by atoms with Crippen LogP contribution in [0.25, 0.3) is 0 Å². The SMILES string of the molecule is O=C(N/N=C\c1cccs1)[C@@H]1CC(=O)N(c2ccc(Cl)cc2)C1. The van der Waals surface area contributed by atoms with Gasteiger partial charge >= 0.3 is 0 Å². The molecule has 1 atom stereocenters. The summed E-state index contributed by atoms with van der Waals surface area (Å²) in [6.45, 7) is 0.348. The van der Waals surface area contributed by atoms with E-state index in [2.05, 4.69) is 10.5 Å². The van der Waals surface area contributed by atoms with Gasteiger partial charge in [-0.25, -0.2) is 5.43 Å². The highest BCUT2D eigenvalue weighted by molar-refractivity contribution is 7.11. The average molecular weight is 348 g/mol. The predicted molar refractivity (Wildman–Crippen MR) is 92.0 cm³/mol. The van der Waals surface area contributed by atoms with E-state index < -0.39 is 5.92 Å². The summed E-state index contributed by atoms with van der Waals surface area (Å²) in [6.07, 6.45) is 1.78. The third-order valence-electron chi connectivity index (χ3n) is 3.54. The molecule has 0 saturated carbocycles. The van der Waals surface area contributed by atoms with E-state index in [9.17, 15) is 9.59 Å². The molecular weight excluding hydrogens is 334 g/mol. The maximum Gasteiger partial charge on any atom is 0.245 e. The molecule has 1 fully saturated rings. The van der Waals surface area contributed by atoms with E-state index in [0.717, 1.165) is 10.6 Å². The highest BCUT2D eigenvalue weighted by atomic mass is 35.5. The van der Waals surface area contributed by atoms with Gasteiger partial charge in [0.2, 0.25) is 11.8 Å². The van der Waals surface area contributed by atoms with Crippen LogP contribution in [-0.2, 0) is 9.59 Å². The summed E-state index contributed by atoms with van der Waals surface area (Å²) in [5, 5.41) is 6.47. The van der Waals surface area contributed by atoms with Crippen LogP contribution in [0.3, 0.4) is 0 Å². The molecule has 3 rings (SSSR count). The first kappa shape index (κ1) is 15.7. The number of nitrogens with one attached hydrogen (secondary N) is 1. The fourth-order valence-electron chi connectivity index (χ4n) is 2.37. The maximum atomic E-state index is 12.1. The molecular formula is C16H14ClN3O2S. The lowest BCUT2D eigenvalue weighted by Crippen LogP contribution is -2.30. The van der Waals surface area contributed by atoms with Crippen molar-refractivity contribution in [1.29, 1.82) is 0 Å². The fourth-order valence-corrected chi connectivity index (χ4v) is 3.08. The Labute approximate surface area is 142 Å². The molecule has 2 amide bonds. The number of nitrogens with zero attached hydrogens (tertiary/aromatic N) is 2. The number of hydrogen-bond acceptors (Lipinski definition) is 4. The molecule has 0 bridgehead atoms. The van der Waals surface area contributed by atoms with Crippen molar-refractivity contribution >= 4 is 46.7 Å². The third-order valence-corrected chi connectivity index (χ3v) is 4.60. The standard InChI is InChI=1S/C16H14ClN3O2S/c17-12-3-5-13(6-4-12)20-10-11(8-15(20)21)16(22)19-18-9-14-2-1-7-23-14/h1-7,9,11H,8,10H2,(H,19,22)/b18-9-/t11-/m1/s1. The van der Waals surface area contributed by atoms with Crippen molar-refractivity contribution in [3.05, 3.63) is 51.7 Å². The van der Waals surface area contributed by atoms with Gasteiger partial charge in [-0.1, -0.05) is 17.7 Å². The van der Waals surface area contributed by atoms with Crippen LogP contribution >= 0.6 is 22.9 Å². The second kappa shape index (κ2) is 6.93. The largest absolute Gasteiger partial charge is 0.312 e. The molecule has 1 aromatic heterocycles. The Morgan fingerprint density at radius 1 is 1.35 bits per heavy atom. The van der Waals surface area contributed by atoms with E-state index in [0.29, 0.717) is 11.6 Å². The molecule has 0 spiro atoms. The van der Waals surface area contributed by atoms with Gasteiger partial charge in [0, 0.05) is 28.6 Å². The van der Waals surface area contributed by atoms with Crippen molar-refractivity contribution in [2.24, 2.45) is 11.0 Å². The topological polar surface area (TPSA) is 61.8 Å². The molecule has 118 valence electrons. The molecule has 1 aliphatic heterocycles. The first-order valence-corrected chi connectivity index (χ1v) is 8.31. The van der Waals surface area contributed by atoms with Crippen LogP contribution in [0.5, 0.6) is 0 Å². The minimum absolute atomic E-state index is 0.0743. The number of anilines is 1. The summed E-state index contributed by atoms with van der Waals surface area (Å²) >= 11 is 7.38. The van der Waals surface area contributed by atoms with Gasteiger partial charge in [0.1, 0.15) is 0 Å². The molecule has 1 aromatic carbocycles. The zero-order valence-electron chi connectivity index (χ0n) is 12.1. The van der Waals surface area contributed by atoms with Crippen LogP contribution in [0, 0.1) is 5.92 Å². The predicted octanol–water partition coefficient (Wildman–Crippen LogP) is 2.90. The number of hydrogen-bond donors (Lipinski definition) is 1. The quantitative estimate of drug-likeness (QED) is 0.682. The second-order valence-corrected chi connectivity index (χ2v) is 6.55. The van der Waals surface area contributed by atoms with Crippen LogP contribution in [0.1, 0.15) is 11.3 Å². The molecule has 2 aromatic rings. The first-order chi connectivity index (χ1) is 11.1. The zero-order valence-corrected chi connectivity index (χ0v) is 13.7. The maximum absolute atomic E-state index is 12.1. The Balaban J connectivity index is 1.60. The monoisotopic (exact) mass is 347 g/mol. The van der Waals surface area contributed by atoms with E-state index in [1.807, 2.05) is 17.5 Å². The van der Waals surface area contributed by atoms with Crippen molar-refractivity contribution in [1.82, 2.24) is 5.43 Å². The number of halogens is 1. The van der Waals surface area contributed by atoms with Crippen LogP contribution < -0.4 is 10.3 Å². The lowest BCUT2D eigenvalue weighted by molar-refractivity contribution is -0.126. The van der Waals surface area contributed by atoms with Crippen LogP contribution in [0.15, 0.2) is 46.9 Å². The number of thiophene rings is 1. The molecule has 0 unspecified atom stereocenters. The number of hydrazone groups is 1. The molecule has 1 saturated heterocycles. The van der Waals surface area contributed by atoms with Gasteiger partial charge in [-0.3, -0.25) is 9.59 Å². The van der Waals surface area contributed by atoms with Crippen molar-refractivity contribution < 1.29 is 9.59 Å². The van der Waals surface area contributed by atoms with Crippen molar-refractivity contribution in [2.75, 3.05) is 11.4 Å². The minimum Gasteiger partial charge on any atom is -0.312 e. The summed E-state index contributed by atoms with van der Waals surface area (Å²) in [6, 6.07) is 10.8. The first-order valence-electron chi connectivity index (χ1n) is 7.06.